The number of nitrogens with zero attached hydrogens (tertiary/aromatic N) is 1. The van der Waals surface area contributed by atoms with Crippen LogP contribution in [0.2, 0.25) is 0 Å². The summed E-state index contributed by atoms with van der Waals surface area (Å²) < 4.78 is 10.6. The number of benzene rings is 2. The lowest BCUT2D eigenvalue weighted by molar-refractivity contribution is -0.148. The fourth-order valence-corrected chi connectivity index (χ4v) is 3.10. The Labute approximate surface area is 183 Å². The van der Waals surface area contributed by atoms with E-state index in [2.05, 4.69) is 5.32 Å². The summed E-state index contributed by atoms with van der Waals surface area (Å²) >= 11 is 5.66. The molecular weight excluding hydrogens is 400 g/mol. The monoisotopic (exact) mass is 430 g/mol. The van der Waals surface area contributed by atoms with Crippen LogP contribution in [0.1, 0.15) is 31.9 Å². The molecule has 2 N–H and O–H groups in total. The fourth-order valence-electron chi connectivity index (χ4n) is 2.78. The summed E-state index contributed by atoms with van der Waals surface area (Å²) in [6.45, 7) is 6.91. The highest BCUT2D eigenvalue weighted by atomic mass is 32.1. The van der Waals surface area contributed by atoms with Gasteiger partial charge in [0.25, 0.3) is 0 Å². The van der Waals surface area contributed by atoms with Gasteiger partial charge in [-0.2, -0.15) is 0 Å². The minimum Gasteiger partial charge on any atom is -0.504 e. The Morgan fingerprint density at radius 1 is 1.13 bits per heavy atom. The van der Waals surface area contributed by atoms with E-state index < -0.39 is 0 Å². The second-order valence-corrected chi connectivity index (χ2v) is 7.80. The Morgan fingerprint density at radius 3 is 2.47 bits per heavy atom. The molecule has 0 bridgehead atoms. The van der Waals surface area contributed by atoms with Crippen molar-refractivity contribution in [2.75, 3.05) is 13.7 Å². The van der Waals surface area contributed by atoms with Gasteiger partial charge in [0.15, 0.2) is 16.6 Å². The van der Waals surface area contributed by atoms with Crippen molar-refractivity contribution in [3.63, 3.8) is 0 Å². The summed E-state index contributed by atoms with van der Waals surface area (Å²) in [5, 5.41) is 13.6. The molecule has 30 heavy (non-hydrogen) atoms. The van der Waals surface area contributed by atoms with Crippen molar-refractivity contribution in [1.29, 1.82) is 0 Å². The highest BCUT2D eigenvalue weighted by Crippen LogP contribution is 2.26. The van der Waals surface area contributed by atoms with Crippen LogP contribution in [0.25, 0.3) is 0 Å². The first kappa shape index (κ1) is 23.5. The summed E-state index contributed by atoms with van der Waals surface area (Å²) in [5.41, 5.74) is 2.03. The van der Waals surface area contributed by atoms with Crippen molar-refractivity contribution in [3.05, 3.63) is 59.7 Å². The first-order chi connectivity index (χ1) is 14.3. The first-order valence-corrected chi connectivity index (χ1v) is 10.3. The molecule has 2 rings (SSSR count). The lowest BCUT2D eigenvalue weighted by atomic mass is 10.2. The highest BCUT2D eigenvalue weighted by Gasteiger charge is 2.20. The van der Waals surface area contributed by atoms with E-state index in [1.807, 2.05) is 62.1 Å². The minimum atomic E-state index is -0.225. The van der Waals surface area contributed by atoms with E-state index in [1.165, 1.54) is 7.11 Å². The van der Waals surface area contributed by atoms with Gasteiger partial charge in [0.1, 0.15) is 6.61 Å². The van der Waals surface area contributed by atoms with Crippen LogP contribution in [-0.2, 0) is 22.6 Å². The van der Waals surface area contributed by atoms with Gasteiger partial charge in [0.05, 0.1) is 19.1 Å². The van der Waals surface area contributed by atoms with Crippen LogP contribution < -0.4 is 10.1 Å². The Morgan fingerprint density at radius 2 is 1.83 bits per heavy atom. The van der Waals surface area contributed by atoms with E-state index in [0.29, 0.717) is 24.0 Å². The van der Waals surface area contributed by atoms with Gasteiger partial charge in [-0.1, -0.05) is 50.2 Å². The second kappa shape index (κ2) is 11.4. The van der Waals surface area contributed by atoms with Crippen LogP contribution >= 0.6 is 12.2 Å². The number of nitrogens with one attached hydrogen (secondary N) is 1. The van der Waals surface area contributed by atoms with Crippen molar-refractivity contribution in [2.24, 2.45) is 5.92 Å². The van der Waals surface area contributed by atoms with E-state index in [9.17, 15) is 9.90 Å². The van der Waals surface area contributed by atoms with E-state index in [1.54, 1.807) is 12.1 Å². The Balaban J connectivity index is 2.08. The number of hydrogen-bond acceptors (Lipinski definition) is 5. The Bertz CT molecular complexity index is 842. The molecule has 0 saturated heterocycles. The zero-order valence-corrected chi connectivity index (χ0v) is 18.7. The summed E-state index contributed by atoms with van der Waals surface area (Å²) in [6.07, 6.45) is 0. The second-order valence-electron chi connectivity index (χ2n) is 7.41. The Hall–Kier alpha value is -2.80. The van der Waals surface area contributed by atoms with Gasteiger partial charge in [-0.05, 0) is 42.4 Å². The molecule has 1 unspecified atom stereocenters. The van der Waals surface area contributed by atoms with Crippen LogP contribution in [0.3, 0.4) is 0 Å². The summed E-state index contributed by atoms with van der Waals surface area (Å²) in [6, 6.07) is 15.1. The van der Waals surface area contributed by atoms with Gasteiger partial charge in [0.2, 0.25) is 0 Å². The highest BCUT2D eigenvalue weighted by molar-refractivity contribution is 7.80. The molecule has 162 valence electrons. The van der Waals surface area contributed by atoms with E-state index in [0.717, 1.165) is 11.1 Å². The van der Waals surface area contributed by atoms with Gasteiger partial charge in [-0.15, -0.1) is 0 Å². The molecule has 0 aliphatic carbocycles. The SMILES string of the molecule is COc1cc(CNC(=S)N(Cc2ccccc2)C(C)COC(=O)C(C)C)ccc1O. The predicted molar refractivity (Wildman–Crippen MR) is 121 cm³/mol. The first-order valence-electron chi connectivity index (χ1n) is 9.92. The van der Waals surface area contributed by atoms with Gasteiger partial charge >= 0.3 is 5.97 Å². The number of carbonyl (C=O) groups is 1. The number of hydrogen-bond donors (Lipinski definition) is 2. The van der Waals surface area contributed by atoms with Crippen LogP contribution in [0.4, 0.5) is 0 Å². The molecular formula is C23H30N2O4S. The number of methoxy groups -OCH3 is 1. The largest absolute Gasteiger partial charge is 0.504 e. The maximum atomic E-state index is 11.9. The van der Waals surface area contributed by atoms with E-state index >= 15 is 0 Å². The topological polar surface area (TPSA) is 71.0 Å². The zero-order chi connectivity index (χ0) is 22.1. The molecule has 6 nitrogen and oxygen atoms in total. The standard InChI is InChI=1S/C23H30N2O4S/c1-16(2)22(27)29-15-17(3)25(14-18-8-6-5-7-9-18)23(30)24-13-19-10-11-20(26)21(12-19)28-4/h5-12,16-17,26H,13-15H2,1-4H3,(H,24,30). The average molecular weight is 431 g/mol. The third-order valence-electron chi connectivity index (χ3n) is 4.61. The summed E-state index contributed by atoms with van der Waals surface area (Å²) in [4.78, 5) is 13.9. The Kier molecular flexibility index (Phi) is 8.92. The van der Waals surface area contributed by atoms with Crippen molar-refractivity contribution in [3.8, 4) is 11.5 Å². The molecule has 2 aromatic rings. The third kappa shape index (κ3) is 6.91. The summed E-state index contributed by atoms with van der Waals surface area (Å²) in [5.74, 6) is 0.108. The maximum absolute atomic E-state index is 11.9. The van der Waals surface area contributed by atoms with Gasteiger partial charge < -0.3 is 24.8 Å². The molecule has 0 spiro atoms. The van der Waals surface area contributed by atoms with Gasteiger partial charge in [0, 0.05) is 13.1 Å². The zero-order valence-electron chi connectivity index (χ0n) is 17.9. The van der Waals surface area contributed by atoms with Crippen LogP contribution in [0, 0.1) is 5.92 Å². The number of ether oxygens (including phenoxy) is 2. The maximum Gasteiger partial charge on any atom is 0.308 e. The van der Waals surface area contributed by atoms with E-state index in [4.69, 9.17) is 21.7 Å². The number of esters is 1. The molecule has 0 fully saturated rings. The van der Waals surface area contributed by atoms with Gasteiger partial charge in [-0.3, -0.25) is 4.79 Å². The third-order valence-corrected chi connectivity index (χ3v) is 4.99. The number of phenols is 1. The average Bonchev–Trinajstić information content (AvgIpc) is 2.75. The molecule has 0 amide bonds. The molecule has 0 heterocycles. The fraction of sp³-hybridized carbons (Fsp3) is 0.391. The van der Waals surface area contributed by atoms with Crippen LogP contribution in [0.5, 0.6) is 11.5 Å². The quantitative estimate of drug-likeness (QED) is 0.462. The minimum absolute atomic E-state index is 0.0927. The molecule has 0 radical (unpaired) electrons. The predicted octanol–water partition coefficient (Wildman–Crippen LogP) is 3.87. The van der Waals surface area contributed by atoms with Crippen LogP contribution in [-0.4, -0.2) is 40.8 Å². The molecule has 1 atom stereocenters. The molecule has 0 aliphatic rings. The van der Waals surface area contributed by atoms with E-state index in [-0.39, 0.29) is 30.3 Å². The number of rotatable bonds is 9. The molecule has 0 aromatic heterocycles. The smallest absolute Gasteiger partial charge is 0.308 e. The van der Waals surface area contributed by atoms with Crippen molar-refractivity contribution >= 4 is 23.3 Å². The number of phenolic OH excluding ortho intramolecular Hbond substituents is 1. The molecule has 2 aromatic carbocycles. The number of carbonyl (C=O) groups excluding carboxylic acids is 1. The van der Waals surface area contributed by atoms with Gasteiger partial charge in [-0.25, -0.2) is 0 Å². The number of aromatic hydroxyl groups is 1. The van der Waals surface area contributed by atoms with Crippen molar-refractivity contribution in [2.45, 2.75) is 39.9 Å². The molecule has 7 heteroatoms. The lowest BCUT2D eigenvalue weighted by Crippen LogP contribution is -2.46. The normalized spacial score (nSPS) is 11.6. The molecule has 0 aliphatic heterocycles. The van der Waals surface area contributed by atoms with Crippen molar-refractivity contribution in [1.82, 2.24) is 10.2 Å². The molecule has 0 saturated carbocycles. The lowest BCUT2D eigenvalue weighted by Gasteiger charge is -2.32. The van der Waals surface area contributed by atoms with Crippen molar-refractivity contribution < 1.29 is 19.4 Å². The number of thiocarbonyl (C=S) groups is 1. The van der Waals surface area contributed by atoms with Crippen LogP contribution in [0.15, 0.2) is 48.5 Å². The summed E-state index contributed by atoms with van der Waals surface area (Å²) in [7, 11) is 1.51.